The van der Waals surface area contributed by atoms with Crippen molar-refractivity contribution in [3.05, 3.63) is 36.3 Å². The van der Waals surface area contributed by atoms with Crippen LogP contribution in [0, 0.1) is 5.92 Å². The minimum Gasteiger partial charge on any atom is -0.364 e. The van der Waals surface area contributed by atoms with Gasteiger partial charge in [0.05, 0.1) is 0 Å². The van der Waals surface area contributed by atoms with E-state index in [0.717, 1.165) is 12.2 Å². The van der Waals surface area contributed by atoms with Crippen molar-refractivity contribution in [1.29, 1.82) is 0 Å². The summed E-state index contributed by atoms with van der Waals surface area (Å²) in [6.45, 7) is 0. The molecule has 1 amide bonds. The van der Waals surface area contributed by atoms with E-state index in [1.807, 2.05) is 10.8 Å². The molecule has 1 saturated carbocycles. The van der Waals surface area contributed by atoms with Gasteiger partial charge in [-0.05, 0) is 5.92 Å². The van der Waals surface area contributed by atoms with Gasteiger partial charge in [-0.3, -0.25) is 9.36 Å². The Morgan fingerprint density at radius 3 is 2.67 bits per heavy atom. The molecule has 0 unspecified atom stereocenters. The number of imidazole rings is 1. The second kappa shape index (κ2) is 6.03. The molecule has 0 aromatic carbocycles. The van der Waals surface area contributed by atoms with Crippen LogP contribution in [0.2, 0.25) is 0 Å². The van der Waals surface area contributed by atoms with Crippen molar-refractivity contribution in [2.24, 2.45) is 11.7 Å². The van der Waals surface area contributed by atoms with Crippen LogP contribution < -0.4 is 5.73 Å². The first-order chi connectivity index (χ1) is 10.3. The van der Waals surface area contributed by atoms with E-state index in [0.29, 0.717) is 11.7 Å². The summed E-state index contributed by atoms with van der Waals surface area (Å²) in [5, 5.41) is 0. The van der Waals surface area contributed by atoms with Gasteiger partial charge < -0.3 is 5.73 Å². The molecule has 1 aliphatic carbocycles. The molecule has 2 aromatic heterocycles. The molecule has 0 saturated heterocycles. The van der Waals surface area contributed by atoms with Gasteiger partial charge in [0.25, 0.3) is 5.91 Å². The lowest BCUT2D eigenvalue weighted by molar-refractivity contribution is 0.0995. The Morgan fingerprint density at radius 2 is 1.90 bits per heavy atom. The van der Waals surface area contributed by atoms with E-state index in [9.17, 15) is 4.79 Å². The minimum atomic E-state index is -0.574. The molecule has 6 nitrogen and oxygen atoms in total. The number of nitrogens with two attached hydrogens (primary N) is 1. The fourth-order valence-corrected chi connectivity index (χ4v) is 3.01. The van der Waals surface area contributed by atoms with Crippen LogP contribution >= 0.6 is 0 Å². The highest BCUT2D eigenvalue weighted by Crippen LogP contribution is 2.27. The van der Waals surface area contributed by atoms with Crippen LogP contribution in [0.15, 0.2) is 24.8 Å². The lowest BCUT2D eigenvalue weighted by atomic mass is 9.87. The maximum absolute atomic E-state index is 11.5. The summed E-state index contributed by atoms with van der Waals surface area (Å²) in [5.74, 6) is 1.47. The molecule has 2 heterocycles. The smallest absolute Gasteiger partial charge is 0.271 e. The lowest BCUT2D eigenvalue weighted by Crippen LogP contribution is -2.19. The monoisotopic (exact) mass is 285 g/mol. The normalized spacial score (nSPS) is 16.0. The molecule has 0 spiro atoms. The van der Waals surface area contributed by atoms with Gasteiger partial charge in [-0.1, -0.05) is 32.1 Å². The Hall–Kier alpha value is -2.24. The Balaban J connectivity index is 1.90. The molecule has 21 heavy (non-hydrogen) atoms. The van der Waals surface area contributed by atoms with Crippen LogP contribution in [0.25, 0.3) is 5.82 Å². The van der Waals surface area contributed by atoms with Crippen molar-refractivity contribution in [2.75, 3.05) is 0 Å². The topological polar surface area (TPSA) is 86.7 Å². The fourth-order valence-electron chi connectivity index (χ4n) is 3.01. The van der Waals surface area contributed by atoms with Crippen molar-refractivity contribution in [2.45, 2.75) is 38.5 Å². The SMILES string of the molecule is NC(=O)c1nccnc1-n1ccnc1CC1CCCCC1. The highest BCUT2D eigenvalue weighted by atomic mass is 16.1. The predicted octanol–water partition coefficient (Wildman–Crippen LogP) is 1.88. The van der Waals surface area contributed by atoms with Gasteiger partial charge >= 0.3 is 0 Å². The maximum atomic E-state index is 11.5. The molecule has 110 valence electrons. The number of hydrogen-bond acceptors (Lipinski definition) is 4. The summed E-state index contributed by atoms with van der Waals surface area (Å²) in [7, 11) is 0. The average molecular weight is 285 g/mol. The number of nitrogens with zero attached hydrogens (tertiary/aromatic N) is 4. The third-order valence-electron chi connectivity index (χ3n) is 4.05. The zero-order chi connectivity index (χ0) is 14.7. The molecule has 0 bridgehead atoms. The van der Waals surface area contributed by atoms with Crippen LogP contribution in [0.1, 0.15) is 48.4 Å². The predicted molar refractivity (Wildman–Crippen MR) is 78.0 cm³/mol. The number of rotatable bonds is 4. The van der Waals surface area contributed by atoms with Gasteiger partial charge in [0.1, 0.15) is 5.82 Å². The molecule has 3 rings (SSSR count). The van der Waals surface area contributed by atoms with Gasteiger partial charge in [0, 0.05) is 31.2 Å². The van der Waals surface area contributed by atoms with Crippen molar-refractivity contribution in [3.8, 4) is 5.82 Å². The summed E-state index contributed by atoms with van der Waals surface area (Å²) >= 11 is 0. The summed E-state index contributed by atoms with van der Waals surface area (Å²) in [6.07, 6.45) is 13.9. The molecule has 2 aromatic rings. The lowest BCUT2D eigenvalue weighted by Gasteiger charge is -2.21. The molecule has 0 aliphatic heterocycles. The van der Waals surface area contributed by atoms with Crippen LogP contribution in [0.5, 0.6) is 0 Å². The largest absolute Gasteiger partial charge is 0.364 e. The van der Waals surface area contributed by atoms with E-state index in [1.54, 1.807) is 12.4 Å². The summed E-state index contributed by atoms with van der Waals surface area (Å²) in [5.41, 5.74) is 5.56. The summed E-state index contributed by atoms with van der Waals surface area (Å²) in [6, 6.07) is 0. The Labute approximate surface area is 123 Å². The van der Waals surface area contributed by atoms with Gasteiger partial charge in [0.15, 0.2) is 11.5 Å². The van der Waals surface area contributed by atoms with Crippen molar-refractivity contribution in [1.82, 2.24) is 19.5 Å². The number of hydrogen-bond donors (Lipinski definition) is 1. The number of aromatic nitrogens is 4. The number of primary amides is 1. The standard InChI is InChI=1S/C15H19N5O/c16-14(21)13-15(19-7-6-18-13)20-9-8-17-12(20)10-11-4-2-1-3-5-11/h6-9,11H,1-5,10H2,(H2,16,21). The van der Waals surface area contributed by atoms with Gasteiger partial charge in [-0.25, -0.2) is 15.0 Å². The Morgan fingerprint density at radius 1 is 1.14 bits per heavy atom. The summed E-state index contributed by atoms with van der Waals surface area (Å²) < 4.78 is 1.84. The van der Waals surface area contributed by atoms with E-state index in [1.165, 1.54) is 38.3 Å². The number of amides is 1. The fraction of sp³-hybridized carbons (Fsp3) is 0.467. The molecular formula is C15H19N5O. The van der Waals surface area contributed by atoms with Crippen LogP contribution in [0.3, 0.4) is 0 Å². The third kappa shape index (κ3) is 2.94. The van der Waals surface area contributed by atoms with E-state index >= 15 is 0 Å². The van der Waals surface area contributed by atoms with E-state index in [-0.39, 0.29) is 5.69 Å². The van der Waals surface area contributed by atoms with Gasteiger partial charge in [0.2, 0.25) is 0 Å². The van der Waals surface area contributed by atoms with Crippen LogP contribution in [0.4, 0.5) is 0 Å². The number of carbonyl (C=O) groups is 1. The third-order valence-corrected chi connectivity index (χ3v) is 4.05. The number of carbonyl (C=O) groups excluding carboxylic acids is 1. The first-order valence-electron chi connectivity index (χ1n) is 7.39. The highest BCUT2D eigenvalue weighted by Gasteiger charge is 2.19. The van der Waals surface area contributed by atoms with E-state index < -0.39 is 5.91 Å². The van der Waals surface area contributed by atoms with Crippen molar-refractivity contribution >= 4 is 5.91 Å². The van der Waals surface area contributed by atoms with Crippen molar-refractivity contribution in [3.63, 3.8) is 0 Å². The first-order valence-corrected chi connectivity index (χ1v) is 7.39. The maximum Gasteiger partial charge on any atom is 0.271 e. The van der Waals surface area contributed by atoms with E-state index in [2.05, 4.69) is 15.0 Å². The van der Waals surface area contributed by atoms with Crippen LogP contribution in [-0.4, -0.2) is 25.4 Å². The Kier molecular flexibility index (Phi) is 3.94. The molecule has 0 atom stereocenters. The zero-order valence-corrected chi connectivity index (χ0v) is 11.9. The minimum absolute atomic E-state index is 0.181. The molecule has 2 N–H and O–H groups in total. The molecule has 1 aliphatic rings. The Bertz CT molecular complexity index is 630. The van der Waals surface area contributed by atoms with Crippen LogP contribution in [-0.2, 0) is 6.42 Å². The molecular weight excluding hydrogens is 266 g/mol. The molecule has 1 fully saturated rings. The zero-order valence-electron chi connectivity index (χ0n) is 11.9. The van der Waals surface area contributed by atoms with E-state index in [4.69, 9.17) is 5.73 Å². The molecule has 6 heteroatoms. The quantitative estimate of drug-likeness (QED) is 0.929. The summed E-state index contributed by atoms with van der Waals surface area (Å²) in [4.78, 5) is 24.2. The first kappa shape index (κ1) is 13.7. The molecule has 0 radical (unpaired) electrons. The second-order valence-electron chi connectivity index (χ2n) is 5.51. The second-order valence-corrected chi connectivity index (χ2v) is 5.51. The average Bonchev–Trinajstić information content (AvgIpc) is 2.96. The van der Waals surface area contributed by atoms with Crippen molar-refractivity contribution < 1.29 is 4.79 Å². The highest BCUT2D eigenvalue weighted by molar-refractivity contribution is 5.93. The van der Waals surface area contributed by atoms with Gasteiger partial charge in [-0.2, -0.15) is 0 Å². The van der Waals surface area contributed by atoms with Gasteiger partial charge in [-0.15, -0.1) is 0 Å².